The molecule has 1 atom stereocenters. The van der Waals surface area contributed by atoms with Crippen molar-refractivity contribution < 1.29 is 4.79 Å². The molecule has 1 unspecified atom stereocenters. The topological polar surface area (TPSA) is 61.0 Å². The molecule has 0 aliphatic carbocycles. The van der Waals surface area contributed by atoms with E-state index in [2.05, 4.69) is 21.4 Å². The molecular formula is C24H22Cl2N4O. The lowest BCUT2D eigenvalue weighted by molar-refractivity contribution is 0.206. The molecule has 0 bridgehead atoms. The SMILES string of the molecule is CN(Cc1ccncc1)C(=O)NCC(c1ccc(Cl)cc1Cl)c1c[nH]c2ccccc12. The zero-order valence-corrected chi connectivity index (χ0v) is 18.5. The van der Waals surface area contributed by atoms with E-state index in [0.29, 0.717) is 23.1 Å². The van der Waals surface area contributed by atoms with Gasteiger partial charge >= 0.3 is 6.03 Å². The number of aromatic nitrogens is 2. The standard InChI is InChI=1S/C24H22Cl2N4O/c1-30(15-16-8-10-27-11-9-16)24(31)29-14-20(18-7-6-17(25)12-22(18)26)21-13-28-23-5-3-2-4-19(21)23/h2-13,20,28H,14-15H2,1H3,(H,29,31). The monoisotopic (exact) mass is 452 g/mol. The number of carbonyl (C=O) groups excluding carboxylic acids is 1. The van der Waals surface area contributed by atoms with Crippen LogP contribution in [0.25, 0.3) is 10.9 Å². The Hall–Kier alpha value is -3.02. The van der Waals surface area contributed by atoms with E-state index in [1.165, 1.54) is 0 Å². The van der Waals surface area contributed by atoms with Crippen LogP contribution in [-0.2, 0) is 6.54 Å². The van der Waals surface area contributed by atoms with Gasteiger partial charge in [-0.25, -0.2) is 4.79 Å². The maximum Gasteiger partial charge on any atom is 0.317 e. The molecule has 2 aromatic carbocycles. The Balaban J connectivity index is 1.58. The van der Waals surface area contributed by atoms with Crippen LogP contribution in [0.15, 0.2) is 73.2 Å². The van der Waals surface area contributed by atoms with Crippen molar-refractivity contribution in [2.24, 2.45) is 0 Å². The van der Waals surface area contributed by atoms with E-state index < -0.39 is 0 Å². The number of hydrogen-bond acceptors (Lipinski definition) is 2. The van der Waals surface area contributed by atoms with Crippen molar-refractivity contribution in [2.75, 3.05) is 13.6 Å². The molecule has 0 fully saturated rings. The molecule has 4 aromatic rings. The van der Waals surface area contributed by atoms with Gasteiger partial charge in [0.25, 0.3) is 0 Å². The van der Waals surface area contributed by atoms with Crippen LogP contribution in [0, 0.1) is 0 Å². The van der Waals surface area contributed by atoms with Crippen LogP contribution in [0.2, 0.25) is 10.0 Å². The molecule has 5 nitrogen and oxygen atoms in total. The summed E-state index contributed by atoms with van der Waals surface area (Å²) in [5.74, 6) is -0.140. The molecule has 0 saturated carbocycles. The lowest BCUT2D eigenvalue weighted by Gasteiger charge is -2.23. The molecular weight excluding hydrogens is 431 g/mol. The number of halogens is 2. The zero-order valence-electron chi connectivity index (χ0n) is 17.0. The third-order valence-electron chi connectivity index (χ3n) is 5.31. The van der Waals surface area contributed by atoms with Gasteiger partial charge in [-0.3, -0.25) is 4.98 Å². The minimum Gasteiger partial charge on any atom is -0.361 e. The van der Waals surface area contributed by atoms with E-state index in [4.69, 9.17) is 23.2 Å². The number of carbonyl (C=O) groups is 1. The summed E-state index contributed by atoms with van der Waals surface area (Å²) in [6.45, 7) is 0.885. The van der Waals surface area contributed by atoms with Crippen molar-refractivity contribution in [1.29, 1.82) is 0 Å². The largest absolute Gasteiger partial charge is 0.361 e. The van der Waals surface area contributed by atoms with Crippen LogP contribution in [0.1, 0.15) is 22.6 Å². The van der Waals surface area contributed by atoms with Crippen LogP contribution in [-0.4, -0.2) is 34.5 Å². The van der Waals surface area contributed by atoms with E-state index in [1.54, 1.807) is 30.4 Å². The summed E-state index contributed by atoms with van der Waals surface area (Å²) in [6, 6.07) is 17.2. The lowest BCUT2D eigenvalue weighted by Crippen LogP contribution is -2.39. The summed E-state index contributed by atoms with van der Waals surface area (Å²) >= 11 is 12.7. The van der Waals surface area contributed by atoms with Gasteiger partial charge in [-0.05, 0) is 47.0 Å². The predicted molar refractivity (Wildman–Crippen MR) is 126 cm³/mol. The fraction of sp³-hybridized carbons (Fsp3) is 0.167. The number of pyridine rings is 1. The fourth-order valence-corrected chi connectivity index (χ4v) is 4.25. The quantitative estimate of drug-likeness (QED) is 0.385. The molecule has 4 rings (SSSR count). The van der Waals surface area contributed by atoms with Crippen molar-refractivity contribution in [2.45, 2.75) is 12.5 Å². The molecule has 0 spiro atoms. The molecule has 2 amide bonds. The van der Waals surface area contributed by atoms with Gasteiger partial charge in [0.05, 0.1) is 0 Å². The first kappa shape index (κ1) is 21.2. The van der Waals surface area contributed by atoms with Crippen LogP contribution in [0.5, 0.6) is 0 Å². The predicted octanol–water partition coefficient (Wildman–Crippen LogP) is 5.84. The Bertz CT molecular complexity index is 1190. The van der Waals surface area contributed by atoms with Crippen molar-refractivity contribution in [3.63, 3.8) is 0 Å². The second-order valence-electron chi connectivity index (χ2n) is 7.41. The summed E-state index contributed by atoms with van der Waals surface area (Å²) in [7, 11) is 1.77. The molecule has 7 heteroatoms. The highest BCUT2D eigenvalue weighted by Gasteiger charge is 2.22. The Kier molecular flexibility index (Phi) is 6.44. The summed E-state index contributed by atoms with van der Waals surface area (Å²) in [5.41, 5.74) is 4.03. The van der Waals surface area contributed by atoms with Crippen LogP contribution in [0.3, 0.4) is 0 Å². The maximum absolute atomic E-state index is 12.8. The number of fused-ring (bicyclic) bond motifs is 1. The van der Waals surface area contributed by atoms with Gasteiger partial charge in [-0.1, -0.05) is 47.5 Å². The van der Waals surface area contributed by atoms with Crippen LogP contribution < -0.4 is 5.32 Å². The van der Waals surface area contributed by atoms with Crippen molar-refractivity contribution in [1.82, 2.24) is 20.2 Å². The second kappa shape index (κ2) is 9.41. The van der Waals surface area contributed by atoms with E-state index in [0.717, 1.165) is 27.6 Å². The van der Waals surface area contributed by atoms with Gasteiger partial charge in [-0.2, -0.15) is 0 Å². The Morgan fingerprint density at radius 3 is 2.65 bits per heavy atom. The van der Waals surface area contributed by atoms with Crippen LogP contribution in [0.4, 0.5) is 4.79 Å². The lowest BCUT2D eigenvalue weighted by atomic mass is 9.91. The summed E-state index contributed by atoms with van der Waals surface area (Å²) in [4.78, 5) is 21.8. The van der Waals surface area contributed by atoms with Crippen LogP contribution >= 0.6 is 23.2 Å². The average Bonchev–Trinajstić information content (AvgIpc) is 3.19. The smallest absolute Gasteiger partial charge is 0.317 e. The molecule has 2 heterocycles. The fourth-order valence-electron chi connectivity index (χ4n) is 3.71. The molecule has 2 aromatic heterocycles. The van der Waals surface area contributed by atoms with Crippen molar-refractivity contribution in [3.05, 3.63) is 99.9 Å². The van der Waals surface area contributed by atoms with Gasteiger partial charge in [0.15, 0.2) is 0 Å². The van der Waals surface area contributed by atoms with Gasteiger partial charge in [0.2, 0.25) is 0 Å². The minimum absolute atomic E-state index is 0.140. The Morgan fingerprint density at radius 2 is 1.87 bits per heavy atom. The molecule has 158 valence electrons. The number of urea groups is 1. The summed E-state index contributed by atoms with van der Waals surface area (Å²) < 4.78 is 0. The third kappa shape index (κ3) is 4.84. The van der Waals surface area contributed by atoms with Gasteiger partial charge in [0.1, 0.15) is 0 Å². The van der Waals surface area contributed by atoms with E-state index in [-0.39, 0.29) is 11.9 Å². The zero-order chi connectivity index (χ0) is 21.8. The number of para-hydroxylation sites is 1. The molecule has 31 heavy (non-hydrogen) atoms. The minimum atomic E-state index is -0.160. The molecule has 2 N–H and O–H groups in total. The Labute approximate surface area is 191 Å². The third-order valence-corrected chi connectivity index (χ3v) is 5.87. The first-order valence-electron chi connectivity index (χ1n) is 9.91. The van der Waals surface area contributed by atoms with E-state index >= 15 is 0 Å². The maximum atomic E-state index is 12.8. The first-order chi connectivity index (χ1) is 15.0. The first-order valence-corrected chi connectivity index (χ1v) is 10.7. The number of amides is 2. The summed E-state index contributed by atoms with van der Waals surface area (Å²) in [6.07, 6.45) is 5.42. The molecule has 0 saturated heterocycles. The number of nitrogens with one attached hydrogen (secondary N) is 2. The highest BCUT2D eigenvalue weighted by Crippen LogP contribution is 2.35. The van der Waals surface area contributed by atoms with E-state index in [9.17, 15) is 4.79 Å². The molecule has 0 aliphatic heterocycles. The van der Waals surface area contributed by atoms with E-state index in [1.807, 2.05) is 48.7 Å². The van der Waals surface area contributed by atoms with Crippen molar-refractivity contribution in [3.8, 4) is 0 Å². The number of rotatable bonds is 6. The normalized spacial score (nSPS) is 12.0. The average molecular weight is 453 g/mol. The van der Waals surface area contributed by atoms with Crippen molar-refractivity contribution >= 4 is 40.1 Å². The number of hydrogen-bond donors (Lipinski definition) is 2. The number of benzene rings is 2. The van der Waals surface area contributed by atoms with Gasteiger partial charge in [0, 0.05) is 65.6 Å². The number of aromatic amines is 1. The highest BCUT2D eigenvalue weighted by atomic mass is 35.5. The van der Waals surface area contributed by atoms with Gasteiger partial charge in [-0.15, -0.1) is 0 Å². The Morgan fingerprint density at radius 1 is 1.10 bits per heavy atom. The molecule has 0 radical (unpaired) electrons. The number of H-pyrrole nitrogens is 1. The highest BCUT2D eigenvalue weighted by molar-refractivity contribution is 6.35. The summed E-state index contributed by atoms with van der Waals surface area (Å²) in [5, 5.41) is 5.31. The van der Waals surface area contributed by atoms with Gasteiger partial charge < -0.3 is 15.2 Å². The number of nitrogens with zero attached hydrogens (tertiary/aromatic N) is 2. The molecule has 0 aliphatic rings. The second-order valence-corrected chi connectivity index (χ2v) is 8.25.